The van der Waals surface area contributed by atoms with Crippen LogP contribution >= 0.6 is 39.3 Å². The van der Waals surface area contributed by atoms with Gasteiger partial charge in [0.2, 0.25) is 15.9 Å². The Labute approximate surface area is 153 Å². The third-order valence-electron chi connectivity index (χ3n) is 3.19. The van der Waals surface area contributed by atoms with Crippen molar-refractivity contribution in [1.82, 2.24) is 14.6 Å². The van der Waals surface area contributed by atoms with Gasteiger partial charge in [-0.05, 0) is 27.9 Å². The van der Waals surface area contributed by atoms with Gasteiger partial charge in [-0.25, -0.2) is 13.4 Å². The number of rotatable bonds is 5. The molecule has 1 N–H and O–H groups in total. The maximum Gasteiger partial charge on any atom is 0.247 e. The number of carbonyl (C=O) groups excluding carboxylic acids is 1. The predicted octanol–water partition coefficient (Wildman–Crippen LogP) is 2.33. The first-order chi connectivity index (χ1) is 10.7. The topological polar surface area (TPSA) is 79.4 Å². The fourth-order valence-corrected chi connectivity index (χ4v) is 6.08. The number of pyridine rings is 1. The quantitative estimate of drug-likeness (QED) is 0.708. The number of nitrogens with one attached hydrogen (secondary N) is 1. The average molecular weight is 443 g/mol. The number of halogens is 2. The molecule has 10 heteroatoms. The van der Waals surface area contributed by atoms with E-state index in [1.54, 1.807) is 0 Å². The Balaban J connectivity index is 2.27. The van der Waals surface area contributed by atoms with Crippen LogP contribution in [0.4, 0.5) is 0 Å². The summed E-state index contributed by atoms with van der Waals surface area (Å²) < 4.78 is 27.4. The van der Waals surface area contributed by atoms with Crippen LogP contribution in [0.25, 0.3) is 0 Å². The normalized spacial score (nSPS) is 19.3. The van der Waals surface area contributed by atoms with Crippen LogP contribution in [0.3, 0.4) is 0 Å². The zero-order chi connectivity index (χ0) is 17.2. The summed E-state index contributed by atoms with van der Waals surface area (Å²) in [6, 6.07) is 0.662. The molecule has 0 bridgehead atoms. The van der Waals surface area contributed by atoms with Crippen LogP contribution in [0.15, 0.2) is 21.6 Å². The van der Waals surface area contributed by atoms with E-state index < -0.39 is 16.1 Å². The largest absolute Gasteiger partial charge is 0.354 e. The van der Waals surface area contributed by atoms with E-state index in [4.69, 9.17) is 11.6 Å². The lowest BCUT2D eigenvalue weighted by Gasteiger charge is -2.23. The minimum Gasteiger partial charge on any atom is -0.354 e. The van der Waals surface area contributed by atoms with Crippen LogP contribution < -0.4 is 5.32 Å². The highest BCUT2D eigenvalue weighted by Crippen LogP contribution is 2.32. The molecule has 1 aliphatic heterocycles. The Kier molecular flexibility index (Phi) is 6.35. The molecule has 0 aliphatic carbocycles. The van der Waals surface area contributed by atoms with Crippen molar-refractivity contribution < 1.29 is 13.2 Å². The Bertz CT molecular complexity index is 700. The maximum absolute atomic E-state index is 12.8. The van der Waals surface area contributed by atoms with Gasteiger partial charge in [0.15, 0.2) is 0 Å². The van der Waals surface area contributed by atoms with Crippen LogP contribution in [0.5, 0.6) is 0 Å². The lowest BCUT2D eigenvalue weighted by molar-refractivity contribution is -0.123. The van der Waals surface area contributed by atoms with E-state index >= 15 is 0 Å². The first-order valence-corrected chi connectivity index (χ1v) is 10.7. The summed E-state index contributed by atoms with van der Waals surface area (Å²) in [5.74, 6) is 0.640. The molecule has 1 aliphatic rings. The van der Waals surface area contributed by atoms with Crippen molar-refractivity contribution >= 4 is 55.2 Å². The summed E-state index contributed by atoms with van der Waals surface area (Å²) in [5, 5.41) is 2.68. The molecular weight excluding hydrogens is 426 g/mol. The van der Waals surface area contributed by atoms with E-state index in [9.17, 15) is 13.2 Å². The van der Waals surface area contributed by atoms with E-state index in [-0.39, 0.29) is 21.8 Å². The van der Waals surface area contributed by atoms with Gasteiger partial charge in [-0.1, -0.05) is 25.4 Å². The lowest BCUT2D eigenvalue weighted by atomic mass is 10.2. The van der Waals surface area contributed by atoms with Gasteiger partial charge in [0.1, 0.15) is 16.1 Å². The minimum atomic E-state index is -3.90. The summed E-state index contributed by atoms with van der Waals surface area (Å²) in [6.45, 7) is 4.46. The van der Waals surface area contributed by atoms with Crippen molar-refractivity contribution in [1.29, 1.82) is 0 Å². The monoisotopic (exact) mass is 441 g/mol. The smallest absolute Gasteiger partial charge is 0.247 e. The van der Waals surface area contributed by atoms with E-state index in [0.29, 0.717) is 22.7 Å². The first kappa shape index (κ1) is 19.0. The molecule has 1 aromatic heterocycles. The molecule has 1 saturated heterocycles. The zero-order valence-corrected chi connectivity index (χ0v) is 16.6. The van der Waals surface area contributed by atoms with Crippen LogP contribution in [0.2, 0.25) is 5.15 Å². The molecule has 23 heavy (non-hydrogen) atoms. The fraction of sp³-hybridized carbons (Fsp3) is 0.538. The molecule has 1 unspecified atom stereocenters. The predicted molar refractivity (Wildman–Crippen MR) is 94.9 cm³/mol. The van der Waals surface area contributed by atoms with Crippen LogP contribution in [0.1, 0.15) is 13.8 Å². The Morgan fingerprint density at radius 3 is 2.96 bits per heavy atom. The highest BCUT2D eigenvalue weighted by atomic mass is 79.9. The lowest BCUT2D eigenvalue weighted by Crippen LogP contribution is -2.47. The van der Waals surface area contributed by atoms with Gasteiger partial charge in [0.25, 0.3) is 0 Å². The molecule has 1 amide bonds. The zero-order valence-electron chi connectivity index (χ0n) is 12.6. The van der Waals surface area contributed by atoms with E-state index in [0.717, 1.165) is 0 Å². The molecule has 0 spiro atoms. The van der Waals surface area contributed by atoms with Gasteiger partial charge in [-0.15, -0.1) is 11.8 Å². The molecular formula is C13H17BrClN3O3S2. The standard InChI is InChI=1S/C13H17BrClN3O3S2/c1-8(2)4-17-13(19)10-6-22-7-18(10)23(20,21)11-3-9(14)5-16-12(11)15/h3,5,8,10H,4,6-7H2,1-2H3,(H,17,19). The average Bonchev–Trinajstić information content (AvgIpc) is 2.97. The number of sulfonamides is 1. The Morgan fingerprint density at radius 1 is 1.61 bits per heavy atom. The number of aromatic nitrogens is 1. The second-order valence-electron chi connectivity index (χ2n) is 5.49. The van der Waals surface area contributed by atoms with Crippen molar-refractivity contribution in [3.63, 3.8) is 0 Å². The van der Waals surface area contributed by atoms with Gasteiger partial charge >= 0.3 is 0 Å². The van der Waals surface area contributed by atoms with Crippen LogP contribution in [-0.2, 0) is 14.8 Å². The Morgan fingerprint density at radius 2 is 2.30 bits per heavy atom. The van der Waals surface area contributed by atoms with Gasteiger partial charge in [-0.2, -0.15) is 4.31 Å². The van der Waals surface area contributed by atoms with Crippen molar-refractivity contribution in [3.05, 3.63) is 21.9 Å². The molecule has 128 valence electrons. The fourth-order valence-electron chi connectivity index (χ4n) is 2.00. The molecule has 6 nitrogen and oxygen atoms in total. The summed E-state index contributed by atoms with van der Waals surface area (Å²) >= 11 is 10.5. The highest BCUT2D eigenvalue weighted by Gasteiger charge is 2.41. The molecule has 2 rings (SSSR count). The third kappa shape index (κ3) is 4.39. The van der Waals surface area contributed by atoms with Crippen molar-refractivity contribution in [3.8, 4) is 0 Å². The van der Waals surface area contributed by atoms with Crippen molar-refractivity contribution in [2.75, 3.05) is 18.2 Å². The van der Waals surface area contributed by atoms with E-state index in [1.165, 1.54) is 28.3 Å². The Hall–Kier alpha value is -0.350. The molecule has 1 fully saturated rings. The van der Waals surface area contributed by atoms with Gasteiger partial charge < -0.3 is 5.32 Å². The molecule has 0 saturated carbocycles. The van der Waals surface area contributed by atoms with Gasteiger partial charge in [0.05, 0.1) is 5.88 Å². The molecule has 0 radical (unpaired) electrons. The second-order valence-corrected chi connectivity index (χ2v) is 9.62. The van der Waals surface area contributed by atoms with E-state index in [2.05, 4.69) is 26.2 Å². The number of hydrogen-bond acceptors (Lipinski definition) is 5. The van der Waals surface area contributed by atoms with Crippen LogP contribution in [0, 0.1) is 5.92 Å². The molecule has 1 atom stereocenters. The number of thioether (sulfide) groups is 1. The first-order valence-electron chi connectivity index (χ1n) is 6.92. The molecule has 0 aromatic carbocycles. The minimum absolute atomic E-state index is 0.0994. The summed E-state index contributed by atoms with van der Waals surface area (Å²) in [5.41, 5.74) is 0. The molecule has 1 aromatic rings. The van der Waals surface area contributed by atoms with Crippen molar-refractivity contribution in [2.45, 2.75) is 24.8 Å². The third-order valence-corrected chi connectivity index (χ3v) is 7.08. The molecule has 2 heterocycles. The van der Waals surface area contributed by atoms with Gasteiger partial charge in [0, 0.05) is 23.0 Å². The SMILES string of the molecule is CC(C)CNC(=O)C1CSCN1S(=O)(=O)c1cc(Br)cnc1Cl. The van der Waals surface area contributed by atoms with Crippen molar-refractivity contribution in [2.24, 2.45) is 5.92 Å². The number of amides is 1. The summed E-state index contributed by atoms with van der Waals surface area (Å²) in [6.07, 6.45) is 1.42. The summed E-state index contributed by atoms with van der Waals surface area (Å²) in [4.78, 5) is 16.1. The number of nitrogens with zero attached hydrogens (tertiary/aromatic N) is 2. The van der Waals surface area contributed by atoms with E-state index in [1.807, 2.05) is 13.8 Å². The van der Waals surface area contributed by atoms with Crippen LogP contribution in [-0.4, -0.2) is 47.8 Å². The second kappa shape index (κ2) is 7.69. The maximum atomic E-state index is 12.8. The number of hydrogen-bond donors (Lipinski definition) is 1. The number of carbonyl (C=O) groups is 1. The highest BCUT2D eigenvalue weighted by molar-refractivity contribution is 9.10. The summed E-state index contributed by atoms with van der Waals surface area (Å²) in [7, 11) is -3.90. The van der Waals surface area contributed by atoms with Gasteiger partial charge in [-0.3, -0.25) is 4.79 Å².